The monoisotopic (exact) mass is 648 g/mol. The molecule has 0 bridgehead atoms. The van der Waals surface area contributed by atoms with Crippen LogP contribution in [0.2, 0.25) is 0 Å². The van der Waals surface area contributed by atoms with E-state index >= 15 is 0 Å². The summed E-state index contributed by atoms with van der Waals surface area (Å²) in [4.78, 5) is 77.7. The van der Waals surface area contributed by atoms with Gasteiger partial charge in [0.15, 0.2) is 11.6 Å². The zero-order valence-corrected chi connectivity index (χ0v) is 25.2. The first kappa shape index (κ1) is 36.8. The lowest BCUT2D eigenvalue weighted by atomic mass is 10.00. The highest BCUT2D eigenvalue weighted by atomic mass is 32.2. The van der Waals surface area contributed by atoms with Gasteiger partial charge in [0.05, 0.1) is 31.6 Å². The van der Waals surface area contributed by atoms with Gasteiger partial charge >= 0.3 is 5.97 Å². The Labute approximate surface area is 259 Å². The molecule has 2 aromatic rings. The molecule has 0 aliphatic heterocycles. The number of carboxylic acids is 1. The smallest absolute Gasteiger partial charge is 0.305 e. The summed E-state index contributed by atoms with van der Waals surface area (Å²) in [5.41, 5.74) is 3.82. The minimum Gasteiger partial charge on any atom is -0.481 e. The molecule has 0 aliphatic carbocycles. The Morgan fingerprint density at radius 2 is 1.49 bits per heavy atom. The summed E-state index contributed by atoms with van der Waals surface area (Å²) in [6, 6.07) is 11.3. The highest BCUT2D eigenvalue weighted by Crippen LogP contribution is 2.11. The summed E-state index contributed by atoms with van der Waals surface area (Å²) in [5.74, 6) is -4.73. The van der Waals surface area contributed by atoms with Crippen LogP contribution in [0.5, 0.6) is 0 Å². The fraction of sp³-hybridized carbons (Fsp3) is 0.379. The van der Waals surface area contributed by atoms with Crippen molar-refractivity contribution in [2.75, 3.05) is 19.7 Å². The van der Waals surface area contributed by atoms with Gasteiger partial charge in [-0.3, -0.25) is 33.4 Å². The average Bonchev–Trinajstić information content (AvgIpc) is 2.97. The third-order valence-corrected chi connectivity index (χ3v) is 6.86. The van der Waals surface area contributed by atoms with Crippen molar-refractivity contribution in [3.63, 3.8) is 0 Å². The van der Waals surface area contributed by atoms with Crippen LogP contribution in [0.4, 0.5) is 0 Å². The van der Waals surface area contributed by atoms with Crippen LogP contribution in [0.1, 0.15) is 30.0 Å². The van der Waals surface area contributed by atoms with Crippen molar-refractivity contribution in [3.05, 3.63) is 71.3 Å². The number of benzene rings is 2. The number of hydrogen-bond acceptors (Lipinski definition) is 11. The largest absolute Gasteiger partial charge is 0.481 e. The van der Waals surface area contributed by atoms with Gasteiger partial charge in [0.2, 0.25) is 11.8 Å². The lowest BCUT2D eigenvalue weighted by Gasteiger charge is -2.23. The van der Waals surface area contributed by atoms with Crippen LogP contribution in [0.3, 0.4) is 0 Å². The van der Waals surface area contributed by atoms with Crippen LogP contribution in [0.15, 0.2) is 54.6 Å². The molecule has 0 heterocycles. The zero-order valence-electron chi connectivity index (χ0n) is 24.4. The van der Waals surface area contributed by atoms with Crippen molar-refractivity contribution < 1.29 is 51.7 Å². The van der Waals surface area contributed by atoms with E-state index in [0.717, 1.165) is 5.56 Å². The standard InChI is InChI=1S/C29H36N4O11S/c1-19(35)17-44-31-15-27(37)32-25(13-28(38)39)29(40)33-24(12-21-7-9-22(10-8-21)18-45(41,42)43)26(36)14-30-23(16-34)11-20-5-3-2-4-6-20/h2-10,16,23-25,30-31H,11-15,17-18H2,1H3,(H,32,37)(H,33,40)(H,38,39)(H,41,42,43)/t23-,24-,25-/m0/s1. The van der Waals surface area contributed by atoms with Gasteiger partial charge in [-0.05, 0) is 36.5 Å². The molecule has 3 atom stereocenters. The third kappa shape index (κ3) is 15.3. The van der Waals surface area contributed by atoms with Crippen molar-refractivity contribution in [1.82, 2.24) is 21.4 Å². The first-order valence-corrected chi connectivity index (χ1v) is 15.3. The fourth-order valence-electron chi connectivity index (χ4n) is 4.03. The molecule has 6 N–H and O–H groups in total. The number of hydrogen-bond donors (Lipinski definition) is 6. The van der Waals surface area contributed by atoms with Crippen molar-refractivity contribution in [1.29, 1.82) is 0 Å². The van der Waals surface area contributed by atoms with Crippen LogP contribution >= 0.6 is 0 Å². The van der Waals surface area contributed by atoms with Crippen LogP contribution in [0, 0.1) is 0 Å². The number of aliphatic carboxylic acids is 1. The zero-order chi connectivity index (χ0) is 33.4. The lowest BCUT2D eigenvalue weighted by Crippen LogP contribution is -2.55. The first-order chi connectivity index (χ1) is 21.3. The summed E-state index contributed by atoms with van der Waals surface area (Å²) in [7, 11) is -4.28. The second-order valence-electron chi connectivity index (χ2n) is 10.1. The van der Waals surface area contributed by atoms with Crippen LogP contribution in [-0.4, -0.2) is 91.5 Å². The molecular weight excluding hydrogens is 612 g/mol. The number of ketones is 2. The number of Topliss-reactive ketones (excluding diaryl/α,β-unsaturated/α-hetero) is 2. The predicted octanol–water partition coefficient (Wildman–Crippen LogP) is -0.860. The fourth-order valence-corrected chi connectivity index (χ4v) is 4.64. The Morgan fingerprint density at radius 1 is 0.867 bits per heavy atom. The number of carbonyl (C=O) groups is 6. The average molecular weight is 649 g/mol. The highest BCUT2D eigenvalue weighted by Gasteiger charge is 2.29. The van der Waals surface area contributed by atoms with E-state index in [-0.39, 0.29) is 30.9 Å². The number of carboxylic acid groups (broad SMARTS) is 1. The third-order valence-electron chi connectivity index (χ3n) is 6.16. The van der Waals surface area contributed by atoms with E-state index < -0.39 is 70.5 Å². The number of aldehydes is 1. The van der Waals surface area contributed by atoms with E-state index in [1.807, 2.05) is 18.2 Å². The summed E-state index contributed by atoms with van der Waals surface area (Å²) < 4.78 is 31.5. The Morgan fingerprint density at radius 3 is 2.07 bits per heavy atom. The van der Waals surface area contributed by atoms with Crippen molar-refractivity contribution in [3.8, 4) is 0 Å². The molecule has 0 saturated heterocycles. The van der Waals surface area contributed by atoms with E-state index in [1.54, 1.807) is 12.1 Å². The molecular formula is C29H36N4O11S. The molecule has 0 unspecified atom stereocenters. The minimum atomic E-state index is -4.28. The topological polar surface area (TPSA) is 234 Å². The van der Waals surface area contributed by atoms with Gasteiger partial charge in [0, 0.05) is 0 Å². The van der Waals surface area contributed by atoms with Gasteiger partial charge in [0.1, 0.15) is 24.7 Å². The molecule has 0 aliphatic rings. The number of hydroxylamine groups is 1. The normalized spacial score (nSPS) is 13.2. The number of rotatable bonds is 21. The molecule has 0 radical (unpaired) electrons. The lowest BCUT2D eigenvalue weighted by molar-refractivity contribution is -0.141. The molecule has 0 aromatic heterocycles. The van der Waals surface area contributed by atoms with Crippen molar-refractivity contribution in [2.24, 2.45) is 0 Å². The molecule has 15 nitrogen and oxygen atoms in total. The van der Waals surface area contributed by atoms with Crippen LogP contribution < -0.4 is 21.4 Å². The first-order valence-electron chi connectivity index (χ1n) is 13.7. The van der Waals surface area contributed by atoms with Crippen LogP contribution in [-0.2, 0) is 62.3 Å². The molecule has 0 saturated carbocycles. The van der Waals surface area contributed by atoms with E-state index in [1.165, 1.54) is 31.2 Å². The van der Waals surface area contributed by atoms with E-state index in [2.05, 4.69) is 21.4 Å². The van der Waals surface area contributed by atoms with Gasteiger partial charge in [0.25, 0.3) is 10.1 Å². The summed E-state index contributed by atoms with van der Waals surface area (Å²) in [6.07, 6.45) is 0.00579. The maximum Gasteiger partial charge on any atom is 0.305 e. The Kier molecular flexibility index (Phi) is 15.1. The molecule has 16 heteroatoms. The van der Waals surface area contributed by atoms with Crippen molar-refractivity contribution >= 4 is 45.8 Å². The van der Waals surface area contributed by atoms with Gasteiger partial charge in [-0.25, -0.2) is 0 Å². The molecule has 45 heavy (non-hydrogen) atoms. The summed E-state index contributed by atoms with van der Waals surface area (Å²) in [6.45, 7) is 0.0819. The Balaban J connectivity index is 2.19. The molecule has 2 rings (SSSR count). The van der Waals surface area contributed by atoms with Gasteiger partial charge in [-0.1, -0.05) is 54.6 Å². The van der Waals surface area contributed by atoms with Crippen LogP contribution in [0.25, 0.3) is 0 Å². The Bertz CT molecular complexity index is 1430. The second-order valence-corrected chi connectivity index (χ2v) is 11.6. The molecule has 0 spiro atoms. The summed E-state index contributed by atoms with van der Waals surface area (Å²) in [5, 5.41) is 16.9. The SMILES string of the molecule is CC(=O)CONCC(=O)N[C@@H](CC(=O)O)C(=O)N[C@@H](Cc1ccc(CS(=O)(=O)O)cc1)C(=O)CN[C@H](C=O)Cc1ccccc1. The molecule has 0 fully saturated rings. The van der Waals surface area contributed by atoms with Gasteiger partial charge in [-0.15, -0.1) is 0 Å². The van der Waals surface area contributed by atoms with Crippen molar-refractivity contribution in [2.45, 2.75) is 50.1 Å². The van der Waals surface area contributed by atoms with Gasteiger partial charge in [-0.2, -0.15) is 13.9 Å². The van der Waals surface area contributed by atoms with Gasteiger partial charge < -0.3 is 25.9 Å². The highest BCUT2D eigenvalue weighted by molar-refractivity contribution is 7.85. The molecule has 2 aromatic carbocycles. The molecule has 2 amide bonds. The molecule has 244 valence electrons. The number of carbonyl (C=O) groups excluding carboxylic acids is 5. The minimum absolute atomic E-state index is 0.114. The second kappa shape index (κ2) is 18.5. The van der Waals surface area contributed by atoms with E-state index in [9.17, 15) is 42.3 Å². The predicted molar refractivity (Wildman–Crippen MR) is 159 cm³/mol. The quantitative estimate of drug-likeness (QED) is 0.0419. The summed E-state index contributed by atoms with van der Waals surface area (Å²) >= 11 is 0. The Hall–Kier alpha value is -4.35. The van der Waals surface area contributed by atoms with E-state index in [0.29, 0.717) is 18.3 Å². The van der Waals surface area contributed by atoms with E-state index in [4.69, 9.17) is 9.39 Å². The number of nitrogens with one attached hydrogen (secondary N) is 4. The maximum atomic E-state index is 13.3. The number of amides is 2. The maximum absolute atomic E-state index is 13.3.